The molecule has 1 aliphatic heterocycles. The lowest BCUT2D eigenvalue weighted by atomic mass is 9.95. The number of nitrogens with zero attached hydrogens (tertiary/aromatic N) is 1. The van der Waals surface area contributed by atoms with Gasteiger partial charge < -0.3 is 9.64 Å². The van der Waals surface area contributed by atoms with Gasteiger partial charge >= 0.3 is 6.09 Å². The molecule has 1 saturated heterocycles. The Morgan fingerprint density at radius 2 is 1.91 bits per heavy atom. The van der Waals surface area contributed by atoms with Crippen LogP contribution < -0.4 is 0 Å². The van der Waals surface area contributed by atoms with Crippen molar-refractivity contribution in [3.05, 3.63) is 41.5 Å². The minimum absolute atomic E-state index is 0.184. The molecule has 0 bridgehead atoms. The molecule has 1 aromatic carbocycles. The van der Waals surface area contributed by atoms with Crippen LogP contribution in [-0.2, 0) is 11.2 Å². The summed E-state index contributed by atoms with van der Waals surface area (Å²) in [6.45, 7) is 9.47. The molecule has 1 fully saturated rings. The van der Waals surface area contributed by atoms with E-state index >= 15 is 0 Å². The fourth-order valence-electron chi connectivity index (χ4n) is 2.86. The number of benzene rings is 1. The van der Waals surface area contributed by atoms with Crippen LogP contribution in [0.15, 0.2) is 30.3 Å². The summed E-state index contributed by atoms with van der Waals surface area (Å²) in [5.41, 5.74) is 2.28. The lowest BCUT2D eigenvalue weighted by Gasteiger charge is -2.32. The van der Waals surface area contributed by atoms with Crippen LogP contribution in [0.4, 0.5) is 4.79 Å². The van der Waals surface area contributed by atoms with Gasteiger partial charge in [-0.1, -0.05) is 43.3 Å². The molecule has 0 aliphatic carbocycles. The number of rotatable bonds is 3. The summed E-state index contributed by atoms with van der Waals surface area (Å²) in [6, 6.07) is 8.54. The fraction of sp³-hybridized carbons (Fsp3) is 0.550. The van der Waals surface area contributed by atoms with Crippen molar-refractivity contribution in [1.82, 2.24) is 4.90 Å². The van der Waals surface area contributed by atoms with E-state index in [4.69, 9.17) is 4.74 Å². The smallest absolute Gasteiger partial charge is 0.410 e. The number of amides is 1. The molecule has 0 atom stereocenters. The quantitative estimate of drug-likeness (QED) is 0.793. The fourth-order valence-corrected chi connectivity index (χ4v) is 2.86. The summed E-state index contributed by atoms with van der Waals surface area (Å²) in [6.07, 6.45) is 7.43. The largest absolute Gasteiger partial charge is 0.444 e. The highest BCUT2D eigenvalue weighted by Gasteiger charge is 2.25. The average Bonchev–Trinajstić information content (AvgIpc) is 2.52. The molecule has 3 nitrogen and oxygen atoms in total. The molecule has 0 spiro atoms. The Morgan fingerprint density at radius 3 is 2.52 bits per heavy atom. The molecule has 0 saturated carbocycles. The first-order valence-electron chi connectivity index (χ1n) is 8.63. The normalized spacial score (nSPS) is 16.8. The lowest BCUT2D eigenvalue weighted by Crippen LogP contribution is -2.41. The zero-order valence-corrected chi connectivity index (χ0v) is 14.8. The van der Waals surface area contributed by atoms with Crippen LogP contribution in [0.2, 0.25) is 0 Å². The highest BCUT2D eigenvalue weighted by molar-refractivity contribution is 5.68. The molecule has 1 amide bonds. The maximum absolute atomic E-state index is 12.1. The van der Waals surface area contributed by atoms with E-state index in [2.05, 4.69) is 43.3 Å². The maximum atomic E-state index is 12.1. The zero-order valence-electron chi connectivity index (χ0n) is 14.8. The average molecular weight is 315 g/mol. The van der Waals surface area contributed by atoms with Crippen LogP contribution in [0.25, 0.3) is 6.08 Å². The second kappa shape index (κ2) is 7.67. The highest BCUT2D eigenvalue weighted by Crippen LogP contribution is 2.22. The van der Waals surface area contributed by atoms with Crippen molar-refractivity contribution in [1.29, 1.82) is 0 Å². The van der Waals surface area contributed by atoms with Crippen LogP contribution in [0, 0.1) is 5.92 Å². The lowest BCUT2D eigenvalue weighted by molar-refractivity contribution is 0.0197. The summed E-state index contributed by atoms with van der Waals surface area (Å²) in [7, 11) is 0. The van der Waals surface area contributed by atoms with Crippen molar-refractivity contribution in [2.24, 2.45) is 5.92 Å². The monoisotopic (exact) mass is 315 g/mol. The summed E-state index contributed by atoms with van der Waals surface area (Å²) < 4.78 is 5.44. The van der Waals surface area contributed by atoms with Gasteiger partial charge in [-0.3, -0.25) is 0 Å². The van der Waals surface area contributed by atoms with Crippen LogP contribution >= 0.6 is 0 Å². The standard InChI is InChI=1S/C20H29NO2/c1-5-17-8-6-7-9-18(17)11-10-16-12-14-21(15-13-16)19(22)23-20(2,3)4/h6-11,16H,5,12-15H2,1-4H3. The Bertz CT molecular complexity index is 549. The van der Waals surface area contributed by atoms with Gasteiger partial charge in [0.2, 0.25) is 0 Å². The Morgan fingerprint density at radius 1 is 1.26 bits per heavy atom. The molecule has 1 aliphatic rings. The van der Waals surface area contributed by atoms with Crippen molar-refractivity contribution in [2.45, 2.75) is 52.6 Å². The van der Waals surface area contributed by atoms with Crippen molar-refractivity contribution >= 4 is 12.2 Å². The maximum Gasteiger partial charge on any atom is 0.410 e. The molecular formula is C20H29NO2. The summed E-state index contributed by atoms with van der Waals surface area (Å²) in [5.74, 6) is 0.540. The van der Waals surface area contributed by atoms with Gasteiger partial charge in [0.05, 0.1) is 0 Å². The third-order valence-corrected chi connectivity index (χ3v) is 4.18. The number of piperidine rings is 1. The van der Waals surface area contributed by atoms with Crippen molar-refractivity contribution in [2.75, 3.05) is 13.1 Å². The molecule has 3 heteroatoms. The van der Waals surface area contributed by atoms with Crippen molar-refractivity contribution in [3.63, 3.8) is 0 Å². The van der Waals surface area contributed by atoms with Gasteiger partial charge in [0.15, 0.2) is 0 Å². The predicted molar refractivity (Wildman–Crippen MR) is 95.4 cm³/mol. The number of ether oxygens (including phenoxy) is 1. The topological polar surface area (TPSA) is 29.5 Å². The third kappa shape index (κ3) is 5.42. The van der Waals surface area contributed by atoms with Crippen LogP contribution in [0.1, 0.15) is 51.7 Å². The van der Waals surface area contributed by atoms with Crippen molar-refractivity contribution in [3.8, 4) is 0 Å². The number of carbonyl (C=O) groups is 1. The van der Waals surface area contributed by atoms with E-state index in [1.807, 2.05) is 25.7 Å². The summed E-state index contributed by atoms with van der Waals surface area (Å²) >= 11 is 0. The number of hydrogen-bond donors (Lipinski definition) is 0. The van der Waals surface area contributed by atoms with Gasteiger partial charge in [0.25, 0.3) is 0 Å². The summed E-state index contributed by atoms with van der Waals surface area (Å²) in [4.78, 5) is 13.9. The second-order valence-corrected chi connectivity index (χ2v) is 7.22. The number of aryl methyl sites for hydroxylation is 1. The van der Waals surface area contributed by atoms with E-state index < -0.39 is 5.60 Å². The third-order valence-electron chi connectivity index (χ3n) is 4.18. The van der Waals surface area contributed by atoms with Crippen LogP contribution in [-0.4, -0.2) is 29.7 Å². The predicted octanol–water partition coefficient (Wildman–Crippen LogP) is 4.91. The SMILES string of the molecule is CCc1ccccc1C=CC1CCN(C(=O)OC(C)(C)C)CC1. The van der Waals surface area contributed by atoms with E-state index in [1.165, 1.54) is 11.1 Å². The van der Waals surface area contributed by atoms with Gasteiger partial charge in [-0.25, -0.2) is 4.79 Å². The van der Waals surface area contributed by atoms with E-state index in [9.17, 15) is 4.79 Å². The molecule has 0 aromatic heterocycles. The number of carbonyl (C=O) groups excluding carboxylic acids is 1. The van der Waals surface area contributed by atoms with Gasteiger partial charge in [-0.2, -0.15) is 0 Å². The first-order valence-corrected chi connectivity index (χ1v) is 8.63. The molecule has 0 radical (unpaired) electrons. The van der Waals surface area contributed by atoms with E-state index in [0.29, 0.717) is 5.92 Å². The number of likely N-dealkylation sites (tertiary alicyclic amines) is 1. The van der Waals surface area contributed by atoms with Crippen molar-refractivity contribution < 1.29 is 9.53 Å². The van der Waals surface area contributed by atoms with E-state index in [0.717, 1.165) is 32.4 Å². The van der Waals surface area contributed by atoms with Crippen LogP contribution in [0.5, 0.6) is 0 Å². The number of allylic oxidation sites excluding steroid dienone is 1. The highest BCUT2D eigenvalue weighted by atomic mass is 16.6. The Kier molecular flexibility index (Phi) is 5.86. The van der Waals surface area contributed by atoms with Gasteiger partial charge in [-0.15, -0.1) is 0 Å². The molecule has 126 valence electrons. The molecule has 1 aromatic rings. The first-order chi connectivity index (χ1) is 10.9. The Balaban J connectivity index is 1.87. The van der Waals surface area contributed by atoms with E-state index in [-0.39, 0.29) is 6.09 Å². The molecular weight excluding hydrogens is 286 g/mol. The molecule has 23 heavy (non-hydrogen) atoms. The molecule has 0 unspecified atom stereocenters. The second-order valence-electron chi connectivity index (χ2n) is 7.22. The number of hydrogen-bond acceptors (Lipinski definition) is 2. The van der Waals surface area contributed by atoms with Crippen LogP contribution in [0.3, 0.4) is 0 Å². The summed E-state index contributed by atoms with van der Waals surface area (Å²) in [5, 5.41) is 0. The minimum Gasteiger partial charge on any atom is -0.444 e. The molecule has 0 N–H and O–H groups in total. The Hall–Kier alpha value is -1.77. The van der Waals surface area contributed by atoms with Gasteiger partial charge in [0, 0.05) is 13.1 Å². The van der Waals surface area contributed by atoms with E-state index in [1.54, 1.807) is 0 Å². The molecule has 1 heterocycles. The zero-order chi connectivity index (χ0) is 16.9. The minimum atomic E-state index is -0.419. The van der Waals surface area contributed by atoms with Gasteiger partial charge in [-0.05, 0) is 57.1 Å². The molecule has 2 rings (SSSR count). The van der Waals surface area contributed by atoms with Gasteiger partial charge in [0.1, 0.15) is 5.60 Å². The first kappa shape index (κ1) is 17.6. The Labute approximate surface area is 140 Å².